The number of hydrogen-bond donors (Lipinski definition) is 4. The van der Waals surface area contributed by atoms with Gasteiger partial charge in [0.05, 0.1) is 5.75 Å². The predicted octanol–water partition coefficient (Wildman–Crippen LogP) is 0.565. The highest BCUT2D eigenvalue weighted by molar-refractivity contribution is 8.00. The topological polar surface area (TPSA) is 99.3 Å². The number of benzene rings is 1. The molecule has 1 aromatic carbocycles. The Bertz CT molecular complexity index is 623. The van der Waals surface area contributed by atoms with Crippen molar-refractivity contribution in [3.05, 3.63) is 29.8 Å². The standard InChI is InChI=1S/C16H22N4O3S/c1-10-4-3-5-11(6-10)18-15(23)9-24-16-19-12(7-13(21)17-2)8-14(22)20-16/h3-6,12,16,19H,7-9H2,1-2H3,(H,17,21)(H,18,23)(H,20,22). The van der Waals surface area contributed by atoms with Crippen molar-refractivity contribution in [2.45, 2.75) is 31.3 Å². The second kappa shape index (κ2) is 8.70. The molecule has 0 bridgehead atoms. The molecule has 0 spiro atoms. The van der Waals surface area contributed by atoms with E-state index in [1.54, 1.807) is 7.05 Å². The normalized spacial score (nSPS) is 20.2. The summed E-state index contributed by atoms with van der Waals surface area (Å²) in [5.74, 6) is -0.198. The first kappa shape index (κ1) is 18.3. The van der Waals surface area contributed by atoms with E-state index in [-0.39, 0.29) is 47.9 Å². The van der Waals surface area contributed by atoms with Crippen molar-refractivity contribution >= 4 is 35.2 Å². The van der Waals surface area contributed by atoms with Crippen molar-refractivity contribution < 1.29 is 14.4 Å². The molecule has 130 valence electrons. The Balaban J connectivity index is 1.80. The van der Waals surface area contributed by atoms with E-state index in [4.69, 9.17) is 0 Å². The summed E-state index contributed by atoms with van der Waals surface area (Å²) in [4.78, 5) is 35.2. The highest BCUT2D eigenvalue weighted by atomic mass is 32.2. The smallest absolute Gasteiger partial charge is 0.234 e. The first-order valence-electron chi connectivity index (χ1n) is 7.70. The van der Waals surface area contributed by atoms with Gasteiger partial charge in [0.15, 0.2) is 0 Å². The molecule has 1 aliphatic rings. The Morgan fingerprint density at radius 3 is 2.83 bits per heavy atom. The average molecular weight is 350 g/mol. The van der Waals surface area contributed by atoms with E-state index in [2.05, 4.69) is 21.3 Å². The van der Waals surface area contributed by atoms with Crippen LogP contribution in [0.4, 0.5) is 5.69 Å². The lowest BCUT2D eigenvalue weighted by molar-refractivity contribution is -0.125. The molecule has 24 heavy (non-hydrogen) atoms. The summed E-state index contributed by atoms with van der Waals surface area (Å²) >= 11 is 1.28. The molecule has 1 aromatic rings. The zero-order chi connectivity index (χ0) is 17.5. The Morgan fingerprint density at radius 2 is 2.12 bits per heavy atom. The lowest BCUT2D eigenvalue weighted by atomic mass is 10.1. The molecule has 1 heterocycles. The van der Waals surface area contributed by atoms with Crippen molar-refractivity contribution in [1.29, 1.82) is 0 Å². The lowest BCUT2D eigenvalue weighted by Gasteiger charge is -2.30. The van der Waals surface area contributed by atoms with Gasteiger partial charge in [-0.3, -0.25) is 19.7 Å². The van der Waals surface area contributed by atoms with Crippen LogP contribution in [0.3, 0.4) is 0 Å². The molecule has 0 aliphatic carbocycles. The second-order valence-corrected chi connectivity index (χ2v) is 6.71. The number of carbonyl (C=O) groups is 3. The van der Waals surface area contributed by atoms with Crippen LogP contribution in [0.25, 0.3) is 0 Å². The number of hydrogen-bond acceptors (Lipinski definition) is 5. The van der Waals surface area contributed by atoms with Gasteiger partial charge in [0, 0.05) is 31.6 Å². The van der Waals surface area contributed by atoms with Crippen molar-refractivity contribution in [2.24, 2.45) is 0 Å². The minimum atomic E-state index is -0.385. The molecular weight excluding hydrogens is 328 g/mol. The summed E-state index contributed by atoms with van der Waals surface area (Å²) in [7, 11) is 1.56. The SMILES string of the molecule is CNC(=O)CC1CC(=O)NC(SCC(=O)Nc2cccc(C)c2)N1. The van der Waals surface area contributed by atoms with Crippen LogP contribution in [0.15, 0.2) is 24.3 Å². The van der Waals surface area contributed by atoms with E-state index in [0.29, 0.717) is 0 Å². The average Bonchev–Trinajstić information content (AvgIpc) is 2.52. The van der Waals surface area contributed by atoms with Gasteiger partial charge in [-0.25, -0.2) is 0 Å². The number of amides is 3. The van der Waals surface area contributed by atoms with Crippen molar-refractivity contribution in [3.63, 3.8) is 0 Å². The van der Waals surface area contributed by atoms with Gasteiger partial charge in [-0.15, -0.1) is 11.8 Å². The van der Waals surface area contributed by atoms with Gasteiger partial charge < -0.3 is 16.0 Å². The molecule has 1 saturated heterocycles. The Hall–Kier alpha value is -2.06. The molecule has 3 amide bonds. The highest BCUT2D eigenvalue weighted by Gasteiger charge is 2.27. The number of rotatable bonds is 6. The van der Waals surface area contributed by atoms with Crippen LogP contribution in [0.2, 0.25) is 0 Å². The maximum atomic E-state index is 12.0. The minimum Gasteiger partial charge on any atom is -0.359 e. The van der Waals surface area contributed by atoms with Crippen molar-refractivity contribution in [1.82, 2.24) is 16.0 Å². The fourth-order valence-electron chi connectivity index (χ4n) is 2.37. The van der Waals surface area contributed by atoms with Crippen LogP contribution in [0.1, 0.15) is 18.4 Å². The maximum Gasteiger partial charge on any atom is 0.234 e. The molecule has 1 fully saturated rings. The third kappa shape index (κ3) is 5.86. The molecular formula is C16H22N4O3S. The molecule has 0 radical (unpaired) electrons. The molecule has 1 aliphatic heterocycles. The number of aryl methyl sites for hydroxylation is 1. The van der Waals surface area contributed by atoms with Gasteiger partial charge in [-0.2, -0.15) is 0 Å². The summed E-state index contributed by atoms with van der Waals surface area (Å²) < 4.78 is 0. The number of nitrogens with one attached hydrogen (secondary N) is 4. The Kier molecular flexibility index (Phi) is 6.62. The predicted molar refractivity (Wildman–Crippen MR) is 94.4 cm³/mol. The van der Waals surface area contributed by atoms with E-state index in [0.717, 1.165) is 11.3 Å². The summed E-state index contributed by atoms with van der Waals surface area (Å²) in [5.41, 5.74) is 1.43. The molecule has 2 rings (SSSR count). The summed E-state index contributed by atoms with van der Waals surface area (Å²) in [6.07, 6.45) is 0.483. The van der Waals surface area contributed by atoms with Gasteiger partial charge in [-0.1, -0.05) is 12.1 Å². The number of thioether (sulfide) groups is 1. The highest BCUT2D eigenvalue weighted by Crippen LogP contribution is 2.15. The largest absolute Gasteiger partial charge is 0.359 e. The maximum absolute atomic E-state index is 12.0. The van der Waals surface area contributed by atoms with Crippen LogP contribution in [-0.4, -0.2) is 42.1 Å². The van der Waals surface area contributed by atoms with Gasteiger partial charge in [0.25, 0.3) is 0 Å². The van der Waals surface area contributed by atoms with Gasteiger partial charge in [0.1, 0.15) is 5.50 Å². The lowest BCUT2D eigenvalue weighted by Crippen LogP contribution is -2.55. The summed E-state index contributed by atoms with van der Waals surface area (Å²) in [6.45, 7) is 1.96. The molecule has 4 N–H and O–H groups in total. The molecule has 8 heteroatoms. The molecule has 0 saturated carbocycles. The number of carbonyl (C=O) groups excluding carboxylic acids is 3. The van der Waals surface area contributed by atoms with Gasteiger partial charge in [0.2, 0.25) is 17.7 Å². The van der Waals surface area contributed by atoms with Crippen LogP contribution >= 0.6 is 11.8 Å². The fraction of sp³-hybridized carbons (Fsp3) is 0.438. The van der Waals surface area contributed by atoms with E-state index in [9.17, 15) is 14.4 Å². The van der Waals surface area contributed by atoms with Gasteiger partial charge >= 0.3 is 0 Å². The quantitative estimate of drug-likeness (QED) is 0.601. The third-order valence-electron chi connectivity index (χ3n) is 3.50. The molecule has 7 nitrogen and oxygen atoms in total. The Morgan fingerprint density at radius 1 is 1.33 bits per heavy atom. The first-order chi connectivity index (χ1) is 11.5. The zero-order valence-electron chi connectivity index (χ0n) is 13.7. The van der Waals surface area contributed by atoms with Crippen LogP contribution in [0, 0.1) is 6.92 Å². The minimum absolute atomic E-state index is 0.122. The van der Waals surface area contributed by atoms with Crippen LogP contribution in [0.5, 0.6) is 0 Å². The molecule has 2 unspecified atom stereocenters. The molecule has 2 atom stereocenters. The van der Waals surface area contributed by atoms with Crippen LogP contribution < -0.4 is 21.3 Å². The van der Waals surface area contributed by atoms with Crippen molar-refractivity contribution in [3.8, 4) is 0 Å². The first-order valence-corrected chi connectivity index (χ1v) is 8.75. The van der Waals surface area contributed by atoms with Crippen molar-refractivity contribution in [2.75, 3.05) is 18.1 Å². The fourth-order valence-corrected chi connectivity index (χ4v) is 3.26. The van der Waals surface area contributed by atoms with E-state index in [1.807, 2.05) is 31.2 Å². The Labute approximate surface area is 145 Å². The van der Waals surface area contributed by atoms with E-state index in [1.165, 1.54) is 11.8 Å². The summed E-state index contributed by atoms with van der Waals surface area (Å²) in [6, 6.07) is 7.33. The second-order valence-electron chi connectivity index (χ2n) is 5.62. The van der Waals surface area contributed by atoms with Gasteiger partial charge in [-0.05, 0) is 24.6 Å². The molecule has 0 aromatic heterocycles. The van der Waals surface area contributed by atoms with E-state index >= 15 is 0 Å². The zero-order valence-corrected chi connectivity index (χ0v) is 14.5. The monoisotopic (exact) mass is 350 g/mol. The third-order valence-corrected chi connectivity index (χ3v) is 4.52. The van der Waals surface area contributed by atoms with E-state index < -0.39 is 0 Å². The number of anilines is 1. The summed E-state index contributed by atoms with van der Waals surface area (Å²) in [5, 5.41) is 11.3. The van der Waals surface area contributed by atoms with Crippen LogP contribution in [-0.2, 0) is 14.4 Å².